The van der Waals surface area contributed by atoms with E-state index < -0.39 is 0 Å². The number of phenols is 1. The number of benzene rings is 1. The Morgan fingerprint density at radius 2 is 1.95 bits per heavy atom. The van der Waals surface area contributed by atoms with Crippen LogP contribution in [0.4, 0.5) is 0 Å². The molecule has 0 radical (unpaired) electrons. The van der Waals surface area contributed by atoms with Crippen molar-refractivity contribution in [2.75, 3.05) is 13.1 Å². The van der Waals surface area contributed by atoms with E-state index in [2.05, 4.69) is 44.1 Å². The second-order valence-corrected chi connectivity index (χ2v) is 6.38. The molecule has 0 aromatic heterocycles. The molecule has 2 N–H and O–H groups in total. The van der Waals surface area contributed by atoms with Gasteiger partial charge < -0.3 is 10.4 Å². The summed E-state index contributed by atoms with van der Waals surface area (Å²) < 4.78 is 0. The monoisotopic (exact) mass is 276 g/mol. The highest BCUT2D eigenvalue weighted by molar-refractivity contribution is 5.86. The lowest BCUT2D eigenvalue weighted by Gasteiger charge is -2.24. The Morgan fingerprint density at radius 3 is 2.45 bits per heavy atom. The largest absolute Gasteiger partial charge is 0.507 e. The lowest BCUT2D eigenvalue weighted by molar-refractivity contribution is 0.442. The van der Waals surface area contributed by atoms with Crippen LogP contribution in [0.1, 0.15) is 50.5 Å². The van der Waals surface area contributed by atoms with Crippen molar-refractivity contribution in [1.29, 1.82) is 0 Å². The van der Waals surface area contributed by atoms with Crippen molar-refractivity contribution >= 4 is 5.84 Å². The number of hydrogen-bond donors (Lipinski definition) is 2. The molecule has 0 aliphatic carbocycles. The maximum absolute atomic E-state index is 10.5. The maximum atomic E-state index is 10.5. The van der Waals surface area contributed by atoms with Gasteiger partial charge in [0.2, 0.25) is 0 Å². The highest BCUT2D eigenvalue weighted by Crippen LogP contribution is 2.36. The molecule has 0 fully saturated rings. The Morgan fingerprint density at radius 1 is 1.30 bits per heavy atom. The van der Waals surface area contributed by atoms with Crippen LogP contribution in [0, 0.1) is 13.8 Å². The van der Waals surface area contributed by atoms with Crippen LogP contribution >= 0.6 is 0 Å². The van der Waals surface area contributed by atoms with Crippen LogP contribution in [-0.4, -0.2) is 24.0 Å². The second kappa shape index (κ2) is 5.86. The highest BCUT2D eigenvalue weighted by Gasteiger charge is 2.22. The molecule has 1 aliphatic rings. The van der Waals surface area contributed by atoms with Crippen LogP contribution in [0.15, 0.2) is 11.1 Å². The zero-order valence-electron chi connectivity index (χ0n) is 12.6. The quantitative estimate of drug-likeness (QED) is 0.868. The first-order valence-electron chi connectivity index (χ1n) is 6.90. The molecule has 0 saturated heterocycles. The van der Waals surface area contributed by atoms with Gasteiger partial charge in [-0.1, -0.05) is 34.3 Å². The van der Waals surface area contributed by atoms with Gasteiger partial charge in [0.05, 0.1) is 6.54 Å². The molecule has 0 amide bonds. The molecular formula is C17H28N2O. The molecular weight excluding hydrogens is 248 g/mol. The number of phenolic OH excluding ortho intramolecular Hbond substituents is 1. The van der Waals surface area contributed by atoms with Crippen LogP contribution in [0.5, 0.6) is 5.75 Å². The van der Waals surface area contributed by atoms with Crippen LogP contribution in [0.3, 0.4) is 0 Å². The van der Waals surface area contributed by atoms with E-state index in [1.54, 1.807) is 0 Å². The minimum atomic E-state index is -0.0404. The van der Waals surface area contributed by atoms with E-state index in [0.717, 1.165) is 36.5 Å². The molecule has 20 heavy (non-hydrogen) atoms. The van der Waals surface area contributed by atoms with Gasteiger partial charge in [-0.15, -0.1) is 0 Å². The number of hydrogen-bond acceptors (Lipinski definition) is 3. The fourth-order valence-corrected chi connectivity index (χ4v) is 2.59. The first-order chi connectivity index (χ1) is 8.80. The third-order valence-electron chi connectivity index (χ3n) is 3.80. The average molecular weight is 276 g/mol. The van der Waals surface area contributed by atoms with E-state index in [0.29, 0.717) is 5.75 Å². The molecule has 2 rings (SSSR count). The van der Waals surface area contributed by atoms with Crippen molar-refractivity contribution in [2.45, 2.75) is 53.9 Å². The fourth-order valence-electron chi connectivity index (χ4n) is 2.59. The first-order valence-corrected chi connectivity index (χ1v) is 6.90. The maximum Gasteiger partial charge on any atom is 0.122 e. The summed E-state index contributed by atoms with van der Waals surface area (Å²) in [5, 5.41) is 13.7. The number of rotatable bonds is 2. The Labute approximate surface area is 123 Å². The Kier molecular flexibility index (Phi) is 4.85. The predicted molar refractivity (Wildman–Crippen MR) is 87.0 cm³/mol. The Hall–Kier alpha value is -1.51. The van der Waals surface area contributed by atoms with Gasteiger partial charge in [-0.2, -0.15) is 0 Å². The normalized spacial score (nSPS) is 14.6. The molecule has 1 aromatic carbocycles. The van der Waals surface area contributed by atoms with E-state index >= 15 is 0 Å². The SMILES string of the molecule is C.Cc1cc(C(C)(C)C)c(O)c(C)c1CC1=NCCN1. The minimum Gasteiger partial charge on any atom is -0.507 e. The number of aromatic hydroxyl groups is 1. The number of amidine groups is 1. The van der Waals surface area contributed by atoms with E-state index in [4.69, 9.17) is 0 Å². The molecule has 1 heterocycles. The summed E-state index contributed by atoms with van der Waals surface area (Å²) >= 11 is 0. The molecule has 0 spiro atoms. The summed E-state index contributed by atoms with van der Waals surface area (Å²) in [4.78, 5) is 4.44. The third kappa shape index (κ3) is 3.14. The van der Waals surface area contributed by atoms with Gasteiger partial charge in [0, 0.05) is 13.0 Å². The summed E-state index contributed by atoms with van der Waals surface area (Å²) in [6, 6.07) is 2.12. The van der Waals surface area contributed by atoms with Gasteiger partial charge in [-0.3, -0.25) is 4.99 Å². The van der Waals surface area contributed by atoms with Crippen LogP contribution < -0.4 is 5.32 Å². The zero-order chi connectivity index (χ0) is 14.2. The van der Waals surface area contributed by atoms with Crippen molar-refractivity contribution in [3.63, 3.8) is 0 Å². The van der Waals surface area contributed by atoms with Crippen LogP contribution in [-0.2, 0) is 11.8 Å². The van der Waals surface area contributed by atoms with E-state index in [1.165, 1.54) is 11.1 Å². The molecule has 0 saturated carbocycles. The molecule has 0 unspecified atom stereocenters. The Bertz CT molecular complexity index is 525. The number of aryl methyl sites for hydroxylation is 1. The smallest absolute Gasteiger partial charge is 0.122 e. The number of aliphatic imine (C=N–C) groups is 1. The Balaban J connectivity index is 0.00000200. The molecule has 112 valence electrons. The minimum absolute atomic E-state index is 0. The van der Waals surface area contributed by atoms with Gasteiger partial charge >= 0.3 is 0 Å². The van der Waals surface area contributed by atoms with E-state index in [1.807, 2.05) is 6.92 Å². The summed E-state index contributed by atoms with van der Waals surface area (Å²) in [7, 11) is 0. The highest BCUT2D eigenvalue weighted by atomic mass is 16.3. The van der Waals surface area contributed by atoms with Crippen molar-refractivity contribution in [3.05, 3.63) is 28.3 Å². The van der Waals surface area contributed by atoms with Crippen molar-refractivity contribution in [1.82, 2.24) is 5.32 Å². The van der Waals surface area contributed by atoms with Gasteiger partial charge in [-0.25, -0.2) is 0 Å². The lowest BCUT2D eigenvalue weighted by Crippen LogP contribution is -2.22. The van der Waals surface area contributed by atoms with Gasteiger partial charge in [0.15, 0.2) is 0 Å². The molecule has 3 nitrogen and oxygen atoms in total. The summed E-state index contributed by atoms with van der Waals surface area (Å²) in [6.45, 7) is 12.3. The molecule has 0 atom stereocenters. The van der Waals surface area contributed by atoms with Gasteiger partial charge in [0.25, 0.3) is 0 Å². The fraction of sp³-hybridized carbons (Fsp3) is 0.588. The van der Waals surface area contributed by atoms with E-state index in [9.17, 15) is 5.11 Å². The standard InChI is InChI=1S/C16H24N2O.CH4/c1-10-8-13(16(3,4)5)15(19)11(2)12(10)9-14-17-6-7-18-14;/h8,19H,6-7,9H2,1-5H3,(H,17,18);1H4. The van der Waals surface area contributed by atoms with E-state index in [-0.39, 0.29) is 12.8 Å². The van der Waals surface area contributed by atoms with Crippen LogP contribution in [0.2, 0.25) is 0 Å². The van der Waals surface area contributed by atoms with Gasteiger partial charge in [-0.05, 0) is 41.5 Å². The van der Waals surface area contributed by atoms with Crippen molar-refractivity contribution < 1.29 is 5.11 Å². The van der Waals surface area contributed by atoms with Crippen molar-refractivity contribution in [2.24, 2.45) is 4.99 Å². The summed E-state index contributed by atoms with van der Waals surface area (Å²) in [5.41, 5.74) is 4.39. The summed E-state index contributed by atoms with van der Waals surface area (Å²) in [6.07, 6.45) is 0.787. The molecule has 1 aromatic rings. The van der Waals surface area contributed by atoms with Crippen LogP contribution in [0.25, 0.3) is 0 Å². The number of nitrogens with one attached hydrogen (secondary N) is 1. The zero-order valence-corrected chi connectivity index (χ0v) is 12.6. The van der Waals surface area contributed by atoms with Gasteiger partial charge in [0.1, 0.15) is 11.6 Å². The first kappa shape index (κ1) is 16.5. The van der Waals surface area contributed by atoms with Crippen molar-refractivity contribution in [3.8, 4) is 5.75 Å². The topological polar surface area (TPSA) is 44.6 Å². The molecule has 0 bridgehead atoms. The second-order valence-electron chi connectivity index (χ2n) is 6.38. The third-order valence-corrected chi connectivity index (χ3v) is 3.80. The lowest BCUT2D eigenvalue weighted by atomic mass is 9.82. The number of nitrogens with zero attached hydrogens (tertiary/aromatic N) is 1. The predicted octanol–water partition coefficient (Wildman–Crippen LogP) is 3.49. The average Bonchev–Trinajstić information content (AvgIpc) is 2.80. The molecule has 3 heteroatoms. The summed E-state index contributed by atoms with van der Waals surface area (Å²) in [5.74, 6) is 1.47. The molecule has 1 aliphatic heterocycles.